The molecule has 4 aliphatic rings. The van der Waals surface area contributed by atoms with Gasteiger partial charge in [-0.15, -0.1) is 0 Å². The quantitative estimate of drug-likeness (QED) is 0.223. The first kappa shape index (κ1) is 32.1. The molecule has 232 valence electrons. The molecule has 42 heavy (non-hydrogen) atoms. The monoisotopic (exact) mass is 597 g/mol. The Balaban J connectivity index is 1.55. The van der Waals surface area contributed by atoms with Crippen LogP contribution in [0.15, 0.2) is 18.2 Å². The molecule has 1 amide bonds. The molecule has 5 unspecified atom stereocenters. The van der Waals surface area contributed by atoms with Crippen molar-refractivity contribution in [2.75, 3.05) is 13.9 Å². The Morgan fingerprint density at radius 2 is 1.86 bits per heavy atom. The van der Waals surface area contributed by atoms with Crippen LogP contribution in [0.2, 0.25) is 0 Å². The largest absolute Gasteiger partial charge is 0.496 e. The third kappa shape index (κ3) is 6.56. The summed E-state index contributed by atoms with van der Waals surface area (Å²) in [5.74, 6) is -2.53. The van der Waals surface area contributed by atoms with Crippen LogP contribution in [-0.4, -0.2) is 62.7 Å². The van der Waals surface area contributed by atoms with Crippen molar-refractivity contribution >= 4 is 25.0 Å². The predicted octanol–water partition coefficient (Wildman–Crippen LogP) is 4.65. The summed E-state index contributed by atoms with van der Waals surface area (Å²) < 4.78 is 67.0. The number of amides is 1. The van der Waals surface area contributed by atoms with Crippen LogP contribution in [0.1, 0.15) is 76.2 Å². The summed E-state index contributed by atoms with van der Waals surface area (Å²) in [5, 5.41) is 2.70. The first-order valence-electron chi connectivity index (χ1n) is 14.3. The fraction of sp³-hybridized carbons (Fsp3) is 0.690. The van der Waals surface area contributed by atoms with Crippen molar-refractivity contribution in [3.05, 3.63) is 29.3 Å². The summed E-state index contributed by atoms with van der Waals surface area (Å²) in [7, 11) is 0.430. The van der Waals surface area contributed by atoms with E-state index < -0.39 is 68.2 Å². The van der Waals surface area contributed by atoms with E-state index in [1.54, 1.807) is 26.0 Å². The summed E-state index contributed by atoms with van der Waals surface area (Å²) >= 11 is 0. The van der Waals surface area contributed by atoms with E-state index in [0.717, 1.165) is 12.8 Å². The lowest BCUT2D eigenvalue weighted by molar-refractivity contribution is -0.199. The zero-order valence-corrected chi connectivity index (χ0v) is 24.8. The van der Waals surface area contributed by atoms with E-state index >= 15 is 0 Å². The molecule has 1 aromatic rings. The molecule has 1 heterocycles. The lowest BCUT2D eigenvalue weighted by Gasteiger charge is -2.64. The average molecular weight is 597 g/mol. The molecule has 2 bridgehead atoms. The van der Waals surface area contributed by atoms with Gasteiger partial charge in [0.2, 0.25) is 12.7 Å². The molecule has 3 saturated carbocycles. The number of hydrogen-bond acceptors (Lipinski definition) is 8. The van der Waals surface area contributed by atoms with Crippen LogP contribution in [0, 0.1) is 23.2 Å². The van der Waals surface area contributed by atoms with E-state index in [1.807, 2.05) is 6.92 Å². The SMILES string of the molecule is COc1c(CC(NC(=O)CCC(F)(F)F)B2OC3CC4CC(C4(C)C)C3(C)O2)cccc1C(=O)OCOC(=O)C(C)C. The van der Waals surface area contributed by atoms with Gasteiger partial charge < -0.3 is 28.8 Å². The number of carbonyl (C=O) groups is 3. The molecule has 5 atom stereocenters. The Labute approximate surface area is 244 Å². The molecule has 0 aromatic heterocycles. The van der Waals surface area contributed by atoms with Gasteiger partial charge in [0, 0.05) is 6.42 Å². The number of alkyl halides is 3. The highest BCUT2D eigenvalue weighted by Crippen LogP contribution is 2.65. The molecule has 1 aliphatic heterocycles. The molecule has 13 heteroatoms. The zero-order valence-electron chi connectivity index (χ0n) is 24.8. The second-order valence-electron chi connectivity index (χ2n) is 12.5. The molecule has 0 radical (unpaired) electrons. The number of halogens is 3. The maximum absolute atomic E-state index is 12.8. The molecular weight excluding hydrogens is 558 g/mol. The minimum absolute atomic E-state index is 0.0370. The van der Waals surface area contributed by atoms with Gasteiger partial charge in [0.1, 0.15) is 11.3 Å². The Kier molecular flexibility index (Phi) is 9.23. The van der Waals surface area contributed by atoms with Crippen molar-refractivity contribution in [1.82, 2.24) is 5.32 Å². The van der Waals surface area contributed by atoms with E-state index in [1.165, 1.54) is 13.2 Å². The Hall–Kier alpha value is -2.80. The van der Waals surface area contributed by atoms with E-state index in [4.69, 9.17) is 23.5 Å². The molecule has 3 aliphatic carbocycles. The van der Waals surface area contributed by atoms with E-state index in [9.17, 15) is 27.6 Å². The number of rotatable bonds is 11. The summed E-state index contributed by atoms with van der Waals surface area (Å²) in [6.45, 7) is 9.13. The molecule has 9 nitrogen and oxygen atoms in total. The topological polar surface area (TPSA) is 109 Å². The average Bonchev–Trinajstić information content (AvgIpc) is 3.27. The summed E-state index contributed by atoms with van der Waals surface area (Å²) in [6.07, 6.45) is -4.88. The lowest BCUT2D eigenvalue weighted by atomic mass is 9.43. The van der Waals surface area contributed by atoms with Crippen LogP contribution in [-0.2, 0) is 34.8 Å². The minimum Gasteiger partial charge on any atom is -0.496 e. The van der Waals surface area contributed by atoms with Crippen molar-refractivity contribution in [2.24, 2.45) is 23.2 Å². The van der Waals surface area contributed by atoms with Crippen molar-refractivity contribution in [3.63, 3.8) is 0 Å². The van der Waals surface area contributed by atoms with Gasteiger partial charge in [-0.2, -0.15) is 13.2 Å². The van der Waals surface area contributed by atoms with Crippen molar-refractivity contribution in [2.45, 2.75) is 90.5 Å². The van der Waals surface area contributed by atoms with Crippen molar-refractivity contribution in [3.8, 4) is 5.75 Å². The summed E-state index contributed by atoms with van der Waals surface area (Å²) in [4.78, 5) is 37.2. The van der Waals surface area contributed by atoms with Gasteiger partial charge in [-0.25, -0.2) is 4.79 Å². The Morgan fingerprint density at radius 3 is 2.48 bits per heavy atom. The number of esters is 2. The fourth-order valence-electron chi connectivity index (χ4n) is 6.59. The predicted molar refractivity (Wildman–Crippen MR) is 145 cm³/mol. The van der Waals surface area contributed by atoms with Crippen LogP contribution in [0.5, 0.6) is 5.75 Å². The number of carbonyl (C=O) groups excluding carboxylic acids is 3. The maximum Gasteiger partial charge on any atom is 0.482 e. The number of benzene rings is 1. The first-order chi connectivity index (χ1) is 19.6. The number of ether oxygens (including phenoxy) is 3. The molecule has 0 spiro atoms. The smallest absolute Gasteiger partial charge is 0.482 e. The standard InChI is InChI=1S/C29H39BF3NO8/c1-16(2)25(36)39-15-40-26(37)19-9-7-8-17(24(19)38-6)12-22(34-23(35)10-11-29(31,32)33)30-41-21-14-18-13-20(27(18,3)4)28(21,5)42-30/h7-9,16,18,20-22H,10-15H2,1-6H3,(H,34,35). The third-order valence-corrected chi connectivity index (χ3v) is 9.10. The van der Waals surface area contributed by atoms with Crippen LogP contribution in [0.3, 0.4) is 0 Å². The second-order valence-corrected chi connectivity index (χ2v) is 12.5. The number of hydrogen-bond donors (Lipinski definition) is 1. The number of para-hydroxylation sites is 1. The first-order valence-corrected chi connectivity index (χ1v) is 14.3. The van der Waals surface area contributed by atoms with Crippen LogP contribution in [0.4, 0.5) is 13.2 Å². The van der Waals surface area contributed by atoms with Gasteiger partial charge in [0.25, 0.3) is 0 Å². The van der Waals surface area contributed by atoms with E-state index in [2.05, 4.69) is 19.2 Å². The van der Waals surface area contributed by atoms with E-state index in [0.29, 0.717) is 11.5 Å². The summed E-state index contributed by atoms with van der Waals surface area (Å²) in [6, 6.07) is 4.73. The Bertz CT molecular complexity index is 1190. The second kappa shape index (κ2) is 12.1. The lowest BCUT2D eigenvalue weighted by Crippen LogP contribution is -2.65. The normalized spacial score (nSPS) is 26.6. The van der Waals surface area contributed by atoms with Gasteiger partial charge in [-0.1, -0.05) is 39.8 Å². The van der Waals surface area contributed by atoms with Gasteiger partial charge in [0.05, 0.1) is 37.1 Å². The molecule has 5 rings (SSSR count). The zero-order chi connectivity index (χ0) is 31.0. The van der Waals surface area contributed by atoms with Gasteiger partial charge in [0.15, 0.2) is 0 Å². The van der Waals surface area contributed by atoms with Crippen molar-refractivity contribution < 1.29 is 51.1 Å². The Morgan fingerprint density at radius 1 is 1.14 bits per heavy atom. The summed E-state index contributed by atoms with van der Waals surface area (Å²) in [5.41, 5.74) is -0.0180. The van der Waals surface area contributed by atoms with Crippen molar-refractivity contribution in [1.29, 1.82) is 0 Å². The molecule has 1 N–H and O–H groups in total. The maximum atomic E-state index is 12.8. The number of methoxy groups -OCH3 is 1. The van der Waals surface area contributed by atoms with Gasteiger partial charge >= 0.3 is 25.2 Å². The molecular formula is C29H39BF3NO8. The van der Waals surface area contributed by atoms with Gasteiger partial charge in [-0.05, 0) is 55.1 Å². The van der Waals surface area contributed by atoms with Crippen LogP contribution in [0.25, 0.3) is 0 Å². The molecule has 1 saturated heterocycles. The van der Waals surface area contributed by atoms with Crippen LogP contribution >= 0.6 is 0 Å². The highest BCUT2D eigenvalue weighted by Gasteiger charge is 2.68. The van der Waals surface area contributed by atoms with Gasteiger partial charge in [-0.3, -0.25) is 9.59 Å². The molecule has 4 fully saturated rings. The third-order valence-electron chi connectivity index (χ3n) is 9.10. The highest BCUT2D eigenvalue weighted by molar-refractivity contribution is 6.48. The minimum atomic E-state index is -4.48. The molecule has 1 aromatic carbocycles. The van der Waals surface area contributed by atoms with E-state index in [-0.39, 0.29) is 35.2 Å². The van der Waals surface area contributed by atoms with Crippen LogP contribution < -0.4 is 10.1 Å². The highest BCUT2D eigenvalue weighted by atomic mass is 19.4. The fourth-order valence-corrected chi connectivity index (χ4v) is 6.59. The number of nitrogens with one attached hydrogen (secondary N) is 1.